The lowest BCUT2D eigenvalue weighted by atomic mass is 10.1. The van der Waals surface area contributed by atoms with Crippen LogP contribution in [0.4, 0.5) is 0 Å². The van der Waals surface area contributed by atoms with Crippen molar-refractivity contribution in [2.45, 2.75) is 6.92 Å². The Morgan fingerprint density at radius 2 is 2.00 bits per heavy atom. The molecule has 5 nitrogen and oxygen atoms in total. The van der Waals surface area contributed by atoms with Gasteiger partial charge in [0.05, 0.1) is 23.1 Å². The minimum atomic E-state index is 0.324. The highest BCUT2D eigenvalue weighted by Crippen LogP contribution is 2.23. The molecule has 1 aromatic carbocycles. The molecular weight excluding hydrogens is 312 g/mol. The van der Waals surface area contributed by atoms with Crippen LogP contribution in [0.25, 0.3) is 16.7 Å². The third kappa shape index (κ3) is 4.09. The Kier molecular flexibility index (Phi) is 5.29. The second kappa shape index (κ2) is 7.40. The molecule has 0 aliphatic carbocycles. The van der Waals surface area contributed by atoms with Crippen molar-refractivity contribution in [3.8, 4) is 0 Å². The van der Waals surface area contributed by atoms with Gasteiger partial charge in [0.2, 0.25) is 0 Å². The predicted octanol–water partition coefficient (Wildman–Crippen LogP) is 4.10. The number of benzene rings is 1. The van der Waals surface area contributed by atoms with Crippen molar-refractivity contribution in [1.29, 1.82) is 0 Å². The van der Waals surface area contributed by atoms with Gasteiger partial charge in [-0.2, -0.15) is 5.10 Å². The summed E-state index contributed by atoms with van der Waals surface area (Å²) in [6.07, 6.45) is 3.36. The van der Waals surface area contributed by atoms with E-state index in [-0.39, 0.29) is 0 Å². The quantitative estimate of drug-likeness (QED) is 0.502. The molecule has 2 aromatic rings. The Balaban J connectivity index is 2.08. The van der Waals surface area contributed by atoms with E-state index in [2.05, 4.69) is 48.4 Å². The summed E-state index contributed by atoms with van der Waals surface area (Å²) in [4.78, 5) is 0. The van der Waals surface area contributed by atoms with Gasteiger partial charge in [-0.1, -0.05) is 51.1 Å². The third-order valence-electron chi connectivity index (χ3n) is 3.58. The maximum absolute atomic E-state index is 5.87. The molecule has 0 bridgehead atoms. The minimum absolute atomic E-state index is 0.324. The first kappa shape index (κ1) is 17.9. The first-order chi connectivity index (χ1) is 11.8. The first-order valence-corrected chi connectivity index (χ1v) is 7.57. The van der Waals surface area contributed by atoms with Gasteiger partial charge in [-0.05, 0) is 18.6 Å². The number of aromatic nitrogens is 2. The highest BCUT2D eigenvalue weighted by molar-refractivity contribution is 5.81. The molecule has 128 valence electrons. The average molecular weight is 334 g/mol. The van der Waals surface area contributed by atoms with Crippen LogP contribution in [-0.4, -0.2) is 10.2 Å². The summed E-state index contributed by atoms with van der Waals surface area (Å²) in [5.41, 5.74) is 9.86. The summed E-state index contributed by atoms with van der Waals surface area (Å²) in [5.74, 6) is 0.771. The van der Waals surface area contributed by atoms with Gasteiger partial charge >= 0.3 is 0 Å². The van der Waals surface area contributed by atoms with Crippen molar-refractivity contribution in [3.63, 3.8) is 0 Å². The molecule has 0 fully saturated rings. The van der Waals surface area contributed by atoms with Gasteiger partial charge in [-0.15, -0.1) is 0 Å². The average Bonchev–Trinajstić information content (AvgIpc) is 3.05. The van der Waals surface area contributed by atoms with E-state index in [1.807, 2.05) is 18.2 Å². The number of hydrogen-bond donors (Lipinski definition) is 3. The van der Waals surface area contributed by atoms with Crippen LogP contribution < -0.4 is 11.1 Å². The maximum atomic E-state index is 5.87. The van der Waals surface area contributed by atoms with Crippen LogP contribution in [0.1, 0.15) is 12.5 Å². The smallest absolute Gasteiger partial charge is 0.143 e. The van der Waals surface area contributed by atoms with Crippen molar-refractivity contribution in [2.24, 2.45) is 5.73 Å². The predicted molar refractivity (Wildman–Crippen MR) is 104 cm³/mol. The summed E-state index contributed by atoms with van der Waals surface area (Å²) in [7, 11) is 0. The zero-order valence-corrected chi connectivity index (χ0v) is 14.4. The van der Waals surface area contributed by atoms with E-state index in [1.54, 1.807) is 19.2 Å². The summed E-state index contributed by atoms with van der Waals surface area (Å²) in [6.45, 7) is 21.1. The molecule has 1 aromatic heterocycles. The molecule has 0 radical (unpaired) electrons. The fraction of sp³-hybridized carbons (Fsp3) is 0.0500. The van der Waals surface area contributed by atoms with Crippen molar-refractivity contribution in [2.75, 3.05) is 0 Å². The zero-order valence-electron chi connectivity index (χ0n) is 14.4. The molecule has 0 aliphatic rings. The lowest BCUT2D eigenvalue weighted by Crippen LogP contribution is -2.19. The summed E-state index contributed by atoms with van der Waals surface area (Å²) < 4.78 is 5.71. The molecule has 5 heteroatoms. The lowest BCUT2D eigenvalue weighted by molar-refractivity contribution is 0.392. The van der Waals surface area contributed by atoms with E-state index in [4.69, 9.17) is 10.5 Å². The van der Waals surface area contributed by atoms with E-state index in [0.29, 0.717) is 34.2 Å². The van der Waals surface area contributed by atoms with Crippen LogP contribution in [-0.2, 0) is 4.74 Å². The van der Waals surface area contributed by atoms with Gasteiger partial charge in [0.1, 0.15) is 11.5 Å². The topological polar surface area (TPSA) is 76.0 Å². The molecule has 0 atom stereocenters. The van der Waals surface area contributed by atoms with Crippen molar-refractivity contribution >= 4 is 16.7 Å². The maximum Gasteiger partial charge on any atom is 0.143 e. The van der Waals surface area contributed by atoms with Gasteiger partial charge in [0.25, 0.3) is 0 Å². The van der Waals surface area contributed by atoms with Gasteiger partial charge in [0, 0.05) is 16.6 Å². The number of ether oxygens (including phenoxy) is 1. The minimum Gasteiger partial charge on any atom is -0.456 e. The molecule has 2 rings (SSSR count). The number of nitrogens with one attached hydrogen (secondary N) is 2. The second-order valence-corrected chi connectivity index (χ2v) is 5.51. The second-order valence-electron chi connectivity index (χ2n) is 5.51. The number of H-pyrrole nitrogens is 1. The van der Waals surface area contributed by atoms with Gasteiger partial charge < -0.3 is 15.8 Å². The molecule has 0 spiro atoms. The summed E-state index contributed by atoms with van der Waals surface area (Å²) >= 11 is 0. The number of aromatic amines is 1. The number of fused-ring (bicyclic) bond motifs is 1. The van der Waals surface area contributed by atoms with E-state index >= 15 is 0 Å². The summed E-state index contributed by atoms with van der Waals surface area (Å²) in [6, 6.07) is 5.74. The van der Waals surface area contributed by atoms with E-state index < -0.39 is 0 Å². The zero-order chi connectivity index (χ0) is 18.6. The van der Waals surface area contributed by atoms with Crippen LogP contribution in [0.15, 0.2) is 91.8 Å². The largest absolute Gasteiger partial charge is 0.456 e. The number of rotatable bonds is 8. The van der Waals surface area contributed by atoms with Crippen LogP contribution >= 0.6 is 0 Å². The molecule has 1 heterocycles. The lowest BCUT2D eigenvalue weighted by Gasteiger charge is -2.18. The van der Waals surface area contributed by atoms with Crippen LogP contribution in [0.5, 0.6) is 0 Å². The first-order valence-electron chi connectivity index (χ1n) is 7.57. The molecule has 0 aliphatic heterocycles. The molecule has 25 heavy (non-hydrogen) atoms. The fourth-order valence-corrected chi connectivity index (χ4v) is 2.13. The van der Waals surface area contributed by atoms with Crippen molar-refractivity contribution in [1.82, 2.24) is 15.5 Å². The Bertz CT molecular complexity index is 911. The van der Waals surface area contributed by atoms with Gasteiger partial charge in [-0.3, -0.25) is 5.10 Å². The number of nitrogens with zero attached hydrogens (tertiary/aromatic N) is 1. The van der Waals surface area contributed by atoms with Gasteiger partial charge in [0.15, 0.2) is 0 Å². The van der Waals surface area contributed by atoms with Crippen LogP contribution in [0.2, 0.25) is 0 Å². The number of allylic oxidation sites excluding steroid dienone is 2. The van der Waals surface area contributed by atoms with Crippen LogP contribution in [0, 0.1) is 0 Å². The fourth-order valence-electron chi connectivity index (χ4n) is 2.13. The van der Waals surface area contributed by atoms with E-state index in [1.165, 1.54) is 0 Å². The highest BCUT2D eigenvalue weighted by atomic mass is 16.5. The highest BCUT2D eigenvalue weighted by Gasteiger charge is 2.10. The normalized spacial score (nSPS) is 11.4. The molecule has 0 unspecified atom stereocenters. The van der Waals surface area contributed by atoms with E-state index in [0.717, 1.165) is 16.5 Å². The Labute approximate surface area is 147 Å². The number of nitrogens with two attached hydrogens (primary N) is 1. The summed E-state index contributed by atoms with van der Waals surface area (Å²) in [5, 5.41) is 11.0. The Morgan fingerprint density at radius 1 is 1.28 bits per heavy atom. The van der Waals surface area contributed by atoms with Crippen molar-refractivity contribution in [3.05, 3.63) is 97.4 Å². The molecule has 0 saturated heterocycles. The molecule has 4 N–H and O–H groups in total. The Morgan fingerprint density at radius 3 is 2.64 bits per heavy atom. The number of hydrogen-bond acceptors (Lipinski definition) is 4. The molecular formula is C20H22N4O. The monoisotopic (exact) mass is 334 g/mol. The molecule has 0 amide bonds. The van der Waals surface area contributed by atoms with E-state index in [9.17, 15) is 0 Å². The standard InChI is InChI=1S/C20H22N4O/c1-7-12(2)20(13(3)21)23-14(4)15(5)25-16(6)17-8-9-18-11-22-24-19(18)10-17/h7-11,23H,1-2,4-6,21H2,3H3,(H,22,24)/b20-13-. The van der Waals surface area contributed by atoms with Gasteiger partial charge in [-0.25, -0.2) is 0 Å². The van der Waals surface area contributed by atoms with Crippen LogP contribution in [0.3, 0.4) is 0 Å². The van der Waals surface area contributed by atoms with Crippen molar-refractivity contribution < 1.29 is 4.74 Å². The molecule has 0 saturated carbocycles. The SMILES string of the molecule is C=CC(=C)/C(NC(=C)C(=C)OC(=C)c1ccc2cn[nH]c2c1)=C(\C)N. The Hall–Kier alpha value is -3.47. The third-order valence-corrected chi connectivity index (χ3v) is 3.58.